The predicted octanol–water partition coefficient (Wildman–Crippen LogP) is 1.21. The number of likely N-dealkylation sites (tertiary alicyclic amines) is 1. The van der Waals surface area contributed by atoms with Gasteiger partial charge in [-0.3, -0.25) is 14.9 Å². The van der Waals surface area contributed by atoms with Crippen LogP contribution in [0.5, 0.6) is 0 Å². The van der Waals surface area contributed by atoms with E-state index in [1.54, 1.807) is 12.4 Å². The van der Waals surface area contributed by atoms with Gasteiger partial charge in [0.25, 0.3) is 0 Å². The van der Waals surface area contributed by atoms with Gasteiger partial charge in [-0.25, -0.2) is 0 Å². The van der Waals surface area contributed by atoms with E-state index in [2.05, 4.69) is 14.9 Å². The summed E-state index contributed by atoms with van der Waals surface area (Å²) in [5.41, 5.74) is 6.81. The normalized spacial score (nSPS) is 21.4. The Morgan fingerprint density at radius 1 is 1.38 bits per heavy atom. The molecule has 0 aromatic carbocycles. The molecule has 0 radical (unpaired) electrons. The zero-order chi connectivity index (χ0) is 10.5. The summed E-state index contributed by atoms with van der Waals surface area (Å²) in [5, 5.41) is 0. The molecule has 2 rings (SSSR count). The third-order valence-electron chi connectivity index (χ3n) is 3.00. The van der Waals surface area contributed by atoms with Gasteiger partial charge in [0.1, 0.15) is 0 Å². The summed E-state index contributed by atoms with van der Waals surface area (Å²) < 4.78 is 0. The fourth-order valence-electron chi connectivity index (χ4n) is 2.15. The van der Waals surface area contributed by atoms with Crippen molar-refractivity contribution < 1.29 is 0 Å². The zero-order valence-electron chi connectivity index (χ0n) is 9.38. The Morgan fingerprint density at radius 3 is 2.94 bits per heavy atom. The fraction of sp³-hybridized carbons (Fsp3) is 0.636. The lowest BCUT2D eigenvalue weighted by Crippen LogP contribution is -2.43. The van der Waals surface area contributed by atoms with Gasteiger partial charge in [0.15, 0.2) is 0 Å². The Hall–Kier alpha value is -0.710. The van der Waals surface area contributed by atoms with E-state index in [0.29, 0.717) is 6.04 Å². The number of aromatic nitrogens is 2. The molecule has 0 spiro atoms. The lowest BCUT2D eigenvalue weighted by Gasteiger charge is -2.34. The number of rotatable bonds is 3. The maximum Gasteiger partial charge on any atom is 0.0726 e. The van der Waals surface area contributed by atoms with Crippen LogP contribution in [-0.2, 0) is 6.54 Å². The van der Waals surface area contributed by atoms with Crippen molar-refractivity contribution in [3.8, 4) is 0 Å². The molecule has 90 valence electrons. The molecule has 1 aliphatic rings. The topological polar surface area (TPSA) is 55.0 Å². The monoisotopic (exact) mass is 242 g/mol. The third-order valence-corrected chi connectivity index (χ3v) is 3.00. The first-order chi connectivity index (χ1) is 7.40. The van der Waals surface area contributed by atoms with Crippen molar-refractivity contribution in [2.24, 2.45) is 5.73 Å². The van der Waals surface area contributed by atoms with Crippen LogP contribution in [0.2, 0.25) is 0 Å². The minimum atomic E-state index is 0. The average Bonchev–Trinajstić information content (AvgIpc) is 2.31. The van der Waals surface area contributed by atoms with Gasteiger partial charge < -0.3 is 5.73 Å². The van der Waals surface area contributed by atoms with E-state index in [1.807, 2.05) is 6.20 Å². The van der Waals surface area contributed by atoms with Gasteiger partial charge in [0, 0.05) is 37.7 Å². The molecule has 4 nitrogen and oxygen atoms in total. The number of hydrogen-bond acceptors (Lipinski definition) is 4. The highest BCUT2D eigenvalue weighted by molar-refractivity contribution is 5.85. The number of nitrogens with zero attached hydrogens (tertiary/aromatic N) is 3. The summed E-state index contributed by atoms with van der Waals surface area (Å²) in [7, 11) is 0. The van der Waals surface area contributed by atoms with Gasteiger partial charge in [-0.15, -0.1) is 12.4 Å². The van der Waals surface area contributed by atoms with Gasteiger partial charge in [-0.2, -0.15) is 0 Å². The first-order valence-corrected chi connectivity index (χ1v) is 5.59. The molecule has 1 aliphatic heterocycles. The number of nitrogens with two attached hydrogens (primary N) is 1. The highest BCUT2D eigenvalue weighted by Gasteiger charge is 2.21. The van der Waals surface area contributed by atoms with Gasteiger partial charge in [-0.05, 0) is 19.4 Å². The van der Waals surface area contributed by atoms with Crippen LogP contribution in [-0.4, -0.2) is 34.0 Å². The molecule has 1 saturated heterocycles. The van der Waals surface area contributed by atoms with Crippen LogP contribution in [0.3, 0.4) is 0 Å². The summed E-state index contributed by atoms with van der Waals surface area (Å²) in [4.78, 5) is 10.8. The van der Waals surface area contributed by atoms with Crippen molar-refractivity contribution in [1.82, 2.24) is 14.9 Å². The van der Waals surface area contributed by atoms with E-state index in [9.17, 15) is 0 Å². The molecule has 0 bridgehead atoms. The minimum absolute atomic E-state index is 0. The van der Waals surface area contributed by atoms with Crippen LogP contribution in [0.25, 0.3) is 0 Å². The summed E-state index contributed by atoms with van der Waals surface area (Å²) >= 11 is 0. The molecule has 1 aromatic rings. The summed E-state index contributed by atoms with van der Waals surface area (Å²) in [5.74, 6) is 0. The van der Waals surface area contributed by atoms with Crippen molar-refractivity contribution in [3.63, 3.8) is 0 Å². The van der Waals surface area contributed by atoms with Gasteiger partial charge >= 0.3 is 0 Å². The Balaban J connectivity index is 0.00000128. The lowest BCUT2D eigenvalue weighted by atomic mass is 10.0. The molecule has 1 aromatic heterocycles. The molecule has 0 amide bonds. The highest BCUT2D eigenvalue weighted by atomic mass is 35.5. The molecule has 1 fully saturated rings. The summed E-state index contributed by atoms with van der Waals surface area (Å²) in [6.07, 6.45) is 9.09. The molecule has 0 saturated carbocycles. The minimum Gasteiger partial charge on any atom is -0.329 e. The van der Waals surface area contributed by atoms with E-state index >= 15 is 0 Å². The second-order valence-electron chi connectivity index (χ2n) is 4.05. The quantitative estimate of drug-likeness (QED) is 0.866. The SMILES string of the molecule is Cl.NCC1CCCCN1Cc1cnccn1. The van der Waals surface area contributed by atoms with Crippen LogP contribution in [0, 0.1) is 0 Å². The van der Waals surface area contributed by atoms with Crippen molar-refractivity contribution in [3.05, 3.63) is 24.3 Å². The van der Waals surface area contributed by atoms with Crippen LogP contribution in [0.15, 0.2) is 18.6 Å². The smallest absolute Gasteiger partial charge is 0.0726 e. The van der Waals surface area contributed by atoms with Crippen LogP contribution >= 0.6 is 12.4 Å². The van der Waals surface area contributed by atoms with E-state index in [1.165, 1.54) is 19.3 Å². The molecule has 16 heavy (non-hydrogen) atoms. The molecule has 0 aliphatic carbocycles. The first kappa shape index (κ1) is 13.4. The number of piperidine rings is 1. The van der Waals surface area contributed by atoms with Crippen LogP contribution < -0.4 is 5.73 Å². The Labute approximate surface area is 103 Å². The lowest BCUT2D eigenvalue weighted by molar-refractivity contribution is 0.143. The number of hydrogen-bond donors (Lipinski definition) is 1. The summed E-state index contributed by atoms with van der Waals surface area (Å²) in [6, 6.07) is 0.528. The average molecular weight is 243 g/mol. The molecule has 2 heterocycles. The Bertz CT molecular complexity index is 293. The van der Waals surface area contributed by atoms with Crippen molar-refractivity contribution in [1.29, 1.82) is 0 Å². The molecule has 5 heteroatoms. The van der Waals surface area contributed by atoms with E-state index in [0.717, 1.165) is 25.3 Å². The van der Waals surface area contributed by atoms with Crippen LogP contribution in [0.4, 0.5) is 0 Å². The second kappa shape index (κ2) is 6.78. The van der Waals surface area contributed by atoms with E-state index in [4.69, 9.17) is 5.73 Å². The van der Waals surface area contributed by atoms with Crippen LogP contribution in [0.1, 0.15) is 25.0 Å². The Kier molecular flexibility index (Phi) is 5.66. The first-order valence-electron chi connectivity index (χ1n) is 5.59. The maximum absolute atomic E-state index is 5.77. The van der Waals surface area contributed by atoms with Crippen molar-refractivity contribution in [2.75, 3.05) is 13.1 Å². The summed E-state index contributed by atoms with van der Waals surface area (Å²) in [6.45, 7) is 2.77. The van der Waals surface area contributed by atoms with Gasteiger partial charge in [-0.1, -0.05) is 6.42 Å². The predicted molar refractivity (Wildman–Crippen MR) is 66.4 cm³/mol. The largest absolute Gasteiger partial charge is 0.329 e. The number of halogens is 1. The molecule has 2 N–H and O–H groups in total. The molecular weight excluding hydrogens is 224 g/mol. The third kappa shape index (κ3) is 3.40. The molecule has 1 atom stereocenters. The standard InChI is InChI=1S/C11H18N4.ClH/c12-7-11-3-1-2-6-15(11)9-10-8-13-4-5-14-10;/h4-5,8,11H,1-3,6-7,9,12H2;1H. The fourth-order valence-corrected chi connectivity index (χ4v) is 2.15. The van der Waals surface area contributed by atoms with Gasteiger partial charge in [0.2, 0.25) is 0 Å². The highest BCUT2D eigenvalue weighted by Crippen LogP contribution is 2.17. The van der Waals surface area contributed by atoms with Crippen molar-refractivity contribution in [2.45, 2.75) is 31.8 Å². The molecule has 1 unspecified atom stereocenters. The van der Waals surface area contributed by atoms with E-state index < -0.39 is 0 Å². The van der Waals surface area contributed by atoms with Crippen molar-refractivity contribution >= 4 is 12.4 Å². The Morgan fingerprint density at radius 2 is 2.25 bits per heavy atom. The van der Waals surface area contributed by atoms with Gasteiger partial charge in [0.05, 0.1) is 5.69 Å². The maximum atomic E-state index is 5.77. The zero-order valence-corrected chi connectivity index (χ0v) is 10.2. The van der Waals surface area contributed by atoms with E-state index in [-0.39, 0.29) is 12.4 Å². The second-order valence-corrected chi connectivity index (χ2v) is 4.05. The molecular formula is C11H19ClN4.